The first kappa shape index (κ1) is 16.8. The van der Waals surface area contributed by atoms with Crippen LogP contribution in [-0.2, 0) is 4.79 Å². The first-order chi connectivity index (χ1) is 13.2. The molecule has 0 atom stereocenters. The summed E-state index contributed by atoms with van der Waals surface area (Å²) in [6.45, 7) is 0. The van der Waals surface area contributed by atoms with Gasteiger partial charge in [0, 0.05) is 41.8 Å². The quantitative estimate of drug-likeness (QED) is 0.729. The number of rotatable bonds is 5. The summed E-state index contributed by atoms with van der Waals surface area (Å²) >= 11 is 0. The Labute approximate surface area is 155 Å². The molecule has 7 nitrogen and oxygen atoms in total. The zero-order chi connectivity index (χ0) is 18.6. The molecule has 7 heteroatoms. The van der Waals surface area contributed by atoms with Gasteiger partial charge in [-0.15, -0.1) is 0 Å². The summed E-state index contributed by atoms with van der Waals surface area (Å²) in [6.07, 6.45) is 10.0. The molecule has 0 aliphatic heterocycles. The van der Waals surface area contributed by atoms with Crippen molar-refractivity contribution in [2.24, 2.45) is 5.92 Å². The third kappa shape index (κ3) is 4.14. The van der Waals surface area contributed by atoms with Gasteiger partial charge in [-0.3, -0.25) is 19.6 Å². The second kappa shape index (κ2) is 7.33. The normalized spacial score (nSPS) is 13.0. The van der Waals surface area contributed by atoms with Crippen LogP contribution in [0, 0.1) is 5.92 Å². The highest BCUT2D eigenvalue weighted by molar-refractivity contribution is 6.05. The van der Waals surface area contributed by atoms with Crippen molar-refractivity contribution in [3.8, 4) is 11.1 Å². The van der Waals surface area contributed by atoms with Gasteiger partial charge in [0.2, 0.25) is 5.91 Å². The molecule has 0 spiro atoms. The van der Waals surface area contributed by atoms with Crippen molar-refractivity contribution < 1.29 is 9.59 Å². The van der Waals surface area contributed by atoms with E-state index in [-0.39, 0.29) is 17.7 Å². The fourth-order valence-corrected chi connectivity index (χ4v) is 2.63. The smallest absolute Gasteiger partial charge is 0.255 e. The highest BCUT2D eigenvalue weighted by atomic mass is 16.2. The number of anilines is 2. The largest absolute Gasteiger partial charge is 0.321 e. The van der Waals surface area contributed by atoms with E-state index in [1.807, 2.05) is 18.2 Å². The van der Waals surface area contributed by atoms with Gasteiger partial charge in [-0.25, -0.2) is 4.98 Å². The average molecular weight is 359 g/mol. The standard InChI is InChI=1S/C20H17N5O2/c26-19(14-1-2-14)25-18-10-15(5-8-23-18)20(27)24-17-9-16(11-22-12-17)13-3-6-21-7-4-13/h3-12,14H,1-2H2,(H,24,27)(H,23,25,26). The number of amides is 2. The summed E-state index contributed by atoms with van der Waals surface area (Å²) in [5.41, 5.74) is 2.82. The summed E-state index contributed by atoms with van der Waals surface area (Å²) in [5, 5.41) is 5.57. The molecular weight excluding hydrogens is 342 g/mol. The molecule has 0 saturated heterocycles. The number of carbonyl (C=O) groups excluding carboxylic acids is 2. The van der Waals surface area contributed by atoms with Crippen LogP contribution in [0.15, 0.2) is 61.3 Å². The molecule has 134 valence electrons. The summed E-state index contributed by atoms with van der Waals surface area (Å²) in [5.74, 6) is 0.108. The molecule has 1 aliphatic rings. The molecule has 4 rings (SSSR count). The average Bonchev–Trinajstić information content (AvgIpc) is 3.54. The lowest BCUT2D eigenvalue weighted by atomic mass is 10.1. The van der Waals surface area contributed by atoms with Gasteiger partial charge in [-0.2, -0.15) is 0 Å². The van der Waals surface area contributed by atoms with Gasteiger partial charge in [0.05, 0.1) is 11.9 Å². The SMILES string of the molecule is O=C(Nc1cncc(-c2ccncc2)c1)c1ccnc(NC(=O)C2CC2)c1. The van der Waals surface area contributed by atoms with Gasteiger partial charge in [-0.05, 0) is 48.7 Å². The number of nitrogens with zero attached hydrogens (tertiary/aromatic N) is 3. The van der Waals surface area contributed by atoms with Crippen molar-refractivity contribution in [2.75, 3.05) is 10.6 Å². The third-order valence-corrected chi connectivity index (χ3v) is 4.23. The van der Waals surface area contributed by atoms with Crippen molar-refractivity contribution in [3.63, 3.8) is 0 Å². The minimum absolute atomic E-state index is 0.0469. The van der Waals surface area contributed by atoms with Crippen LogP contribution in [0.4, 0.5) is 11.5 Å². The molecule has 1 saturated carbocycles. The molecule has 1 fully saturated rings. The van der Waals surface area contributed by atoms with E-state index in [9.17, 15) is 9.59 Å². The van der Waals surface area contributed by atoms with E-state index in [4.69, 9.17) is 0 Å². The lowest BCUT2D eigenvalue weighted by Gasteiger charge is -2.08. The van der Waals surface area contributed by atoms with Gasteiger partial charge >= 0.3 is 0 Å². The molecule has 1 aliphatic carbocycles. The zero-order valence-corrected chi connectivity index (χ0v) is 14.4. The van der Waals surface area contributed by atoms with Crippen LogP contribution < -0.4 is 10.6 Å². The van der Waals surface area contributed by atoms with Crippen LogP contribution in [-0.4, -0.2) is 26.8 Å². The van der Waals surface area contributed by atoms with E-state index in [0.717, 1.165) is 24.0 Å². The number of nitrogens with one attached hydrogen (secondary N) is 2. The molecule has 2 amide bonds. The highest BCUT2D eigenvalue weighted by Crippen LogP contribution is 2.30. The summed E-state index contributed by atoms with van der Waals surface area (Å²) in [7, 11) is 0. The molecule has 0 radical (unpaired) electrons. The van der Waals surface area contributed by atoms with Crippen molar-refractivity contribution in [1.82, 2.24) is 15.0 Å². The van der Waals surface area contributed by atoms with Crippen LogP contribution in [0.1, 0.15) is 23.2 Å². The van der Waals surface area contributed by atoms with Crippen LogP contribution in [0.25, 0.3) is 11.1 Å². The van der Waals surface area contributed by atoms with Gasteiger partial charge in [0.1, 0.15) is 5.82 Å². The Morgan fingerprint density at radius 1 is 0.889 bits per heavy atom. The van der Waals surface area contributed by atoms with Crippen LogP contribution in [0.5, 0.6) is 0 Å². The Morgan fingerprint density at radius 3 is 2.48 bits per heavy atom. The molecule has 0 aromatic carbocycles. The lowest BCUT2D eigenvalue weighted by Crippen LogP contribution is -2.16. The minimum Gasteiger partial charge on any atom is -0.321 e. The van der Waals surface area contributed by atoms with Crippen molar-refractivity contribution >= 4 is 23.3 Å². The number of hydrogen-bond acceptors (Lipinski definition) is 5. The van der Waals surface area contributed by atoms with Crippen LogP contribution >= 0.6 is 0 Å². The van der Waals surface area contributed by atoms with Gasteiger partial charge < -0.3 is 10.6 Å². The zero-order valence-electron chi connectivity index (χ0n) is 14.4. The Kier molecular flexibility index (Phi) is 4.57. The first-order valence-electron chi connectivity index (χ1n) is 8.63. The molecule has 3 aromatic rings. The molecule has 2 N–H and O–H groups in total. The van der Waals surface area contributed by atoms with E-state index in [0.29, 0.717) is 17.1 Å². The Morgan fingerprint density at radius 2 is 1.70 bits per heavy atom. The maximum atomic E-state index is 12.6. The maximum absolute atomic E-state index is 12.6. The second-order valence-corrected chi connectivity index (χ2v) is 6.35. The molecule has 0 bridgehead atoms. The van der Waals surface area contributed by atoms with Gasteiger partial charge in [0.25, 0.3) is 5.91 Å². The number of carbonyl (C=O) groups is 2. The Bertz CT molecular complexity index is 986. The number of hydrogen-bond donors (Lipinski definition) is 2. The predicted molar refractivity (Wildman–Crippen MR) is 101 cm³/mol. The van der Waals surface area contributed by atoms with Gasteiger partial charge in [-0.1, -0.05) is 0 Å². The Hall–Kier alpha value is -3.61. The third-order valence-electron chi connectivity index (χ3n) is 4.23. The molecule has 0 unspecified atom stereocenters. The molecule has 27 heavy (non-hydrogen) atoms. The van der Waals surface area contributed by atoms with Crippen molar-refractivity contribution in [2.45, 2.75) is 12.8 Å². The summed E-state index contributed by atoms with van der Waals surface area (Å²) in [4.78, 5) is 36.7. The van der Waals surface area contributed by atoms with E-state index < -0.39 is 0 Å². The molecule has 3 aromatic heterocycles. The minimum atomic E-state index is -0.298. The highest BCUT2D eigenvalue weighted by Gasteiger charge is 2.29. The van der Waals surface area contributed by atoms with Gasteiger partial charge in [0.15, 0.2) is 0 Å². The fraction of sp³-hybridized carbons (Fsp3) is 0.150. The Balaban J connectivity index is 1.48. The lowest BCUT2D eigenvalue weighted by molar-refractivity contribution is -0.117. The topological polar surface area (TPSA) is 96.9 Å². The fourth-order valence-electron chi connectivity index (χ4n) is 2.63. The summed E-state index contributed by atoms with van der Waals surface area (Å²) < 4.78 is 0. The first-order valence-corrected chi connectivity index (χ1v) is 8.63. The number of pyridine rings is 3. The summed E-state index contributed by atoms with van der Waals surface area (Å²) in [6, 6.07) is 8.76. The number of aromatic nitrogens is 3. The van der Waals surface area contributed by atoms with E-state index in [2.05, 4.69) is 25.6 Å². The van der Waals surface area contributed by atoms with Crippen LogP contribution in [0.2, 0.25) is 0 Å². The van der Waals surface area contributed by atoms with Crippen molar-refractivity contribution in [3.05, 3.63) is 66.9 Å². The van der Waals surface area contributed by atoms with Crippen LogP contribution in [0.3, 0.4) is 0 Å². The second-order valence-electron chi connectivity index (χ2n) is 6.35. The van der Waals surface area contributed by atoms with E-state index in [1.165, 1.54) is 6.20 Å². The maximum Gasteiger partial charge on any atom is 0.255 e. The van der Waals surface area contributed by atoms with Crippen molar-refractivity contribution in [1.29, 1.82) is 0 Å². The molecular formula is C20H17N5O2. The predicted octanol–water partition coefficient (Wildman–Crippen LogP) is 3.14. The van der Waals surface area contributed by atoms with E-state index in [1.54, 1.807) is 36.9 Å². The molecule has 3 heterocycles. The van der Waals surface area contributed by atoms with E-state index >= 15 is 0 Å². The monoisotopic (exact) mass is 359 g/mol.